The molecule has 3 heteroatoms. The Morgan fingerprint density at radius 2 is 1.89 bits per heavy atom. The molecular formula is C16H22BrNO. The molecule has 1 aromatic rings. The molecule has 104 valence electrons. The topological polar surface area (TPSA) is 32.3 Å². The number of rotatable bonds is 4. The van der Waals surface area contributed by atoms with Crippen molar-refractivity contribution in [1.29, 1.82) is 0 Å². The molecule has 2 aliphatic rings. The predicted octanol–water partition coefficient (Wildman–Crippen LogP) is 3.45. The van der Waals surface area contributed by atoms with Crippen molar-refractivity contribution in [1.82, 2.24) is 5.32 Å². The molecule has 19 heavy (non-hydrogen) atoms. The van der Waals surface area contributed by atoms with Crippen LogP contribution in [0.25, 0.3) is 0 Å². The average Bonchev–Trinajstić information content (AvgIpc) is 2.82. The first-order chi connectivity index (χ1) is 9.26. The Labute approximate surface area is 123 Å². The predicted molar refractivity (Wildman–Crippen MR) is 81.3 cm³/mol. The maximum absolute atomic E-state index is 9.35. The number of halogens is 1. The van der Waals surface area contributed by atoms with Gasteiger partial charge in [-0.3, -0.25) is 0 Å². The van der Waals surface area contributed by atoms with E-state index in [4.69, 9.17) is 0 Å². The molecule has 0 aliphatic heterocycles. The lowest BCUT2D eigenvalue weighted by molar-refractivity contribution is 0.179. The smallest absolute Gasteiger partial charge is 0.0474 e. The van der Waals surface area contributed by atoms with E-state index in [0.717, 1.165) is 10.4 Å². The molecule has 2 saturated carbocycles. The van der Waals surface area contributed by atoms with E-state index in [1.165, 1.54) is 37.7 Å². The van der Waals surface area contributed by atoms with Crippen LogP contribution < -0.4 is 5.32 Å². The van der Waals surface area contributed by atoms with E-state index in [9.17, 15) is 5.11 Å². The number of benzene rings is 1. The fraction of sp³-hybridized carbons (Fsp3) is 0.625. The summed E-state index contributed by atoms with van der Waals surface area (Å²) in [6, 6.07) is 9.95. The number of aliphatic hydroxyl groups is 1. The first-order valence-electron chi connectivity index (χ1n) is 7.38. The average molecular weight is 324 g/mol. The summed E-state index contributed by atoms with van der Waals surface area (Å²) in [4.78, 5) is 0. The third-order valence-electron chi connectivity index (χ3n) is 4.82. The highest BCUT2D eigenvalue weighted by atomic mass is 79.9. The standard InChI is InChI=1S/C16H22BrNO/c17-14-6-4-11(5-7-14)13-8-15(9-13)18-16-3-1-2-12(16)10-19/h4-7,12-13,15-16,18-19H,1-3,8-10H2. The highest BCUT2D eigenvalue weighted by molar-refractivity contribution is 9.10. The largest absolute Gasteiger partial charge is 0.396 e. The quantitative estimate of drug-likeness (QED) is 0.889. The van der Waals surface area contributed by atoms with Gasteiger partial charge in [0.15, 0.2) is 0 Å². The van der Waals surface area contributed by atoms with Gasteiger partial charge in [0.05, 0.1) is 0 Å². The molecule has 0 amide bonds. The van der Waals surface area contributed by atoms with Crippen molar-refractivity contribution in [3.8, 4) is 0 Å². The van der Waals surface area contributed by atoms with Crippen LogP contribution in [0.3, 0.4) is 0 Å². The summed E-state index contributed by atoms with van der Waals surface area (Å²) in [5, 5.41) is 13.1. The normalized spacial score (nSPS) is 34.2. The van der Waals surface area contributed by atoms with Gasteiger partial charge in [-0.2, -0.15) is 0 Å². The maximum Gasteiger partial charge on any atom is 0.0474 e. The zero-order valence-electron chi connectivity index (χ0n) is 11.2. The van der Waals surface area contributed by atoms with Crippen LogP contribution in [-0.4, -0.2) is 23.8 Å². The van der Waals surface area contributed by atoms with Crippen LogP contribution in [0.15, 0.2) is 28.7 Å². The van der Waals surface area contributed by atoms with Crippen LogP contribution in [-0.2, 0) is 0 Å². The van der Waals surface area contributed by atoms with Gasteiger partial charge in [-0.15, -0.1) is 0 Å². The van der Waals surface area contributed by atoms with Gasteiger partial charge in [0.25, 0.3) is 0 Å². The van der Waals surface area contributed by atoms with Crippen LogP contribution in [0.4, 0.5) is 0 Å². The molecule has 0 spiro atoms. The summed E-state index contributed by atoms with van der Waals surface area (Å²) in [5.74, 6) is 1.21. The number of aliphatic hydroxyl groups excluding tert-OH is 1. The molecule has 3 rings (SSSR count). The Bertz CT molecular complexity index is 413. The van der Waals surface area contributed by atoms with Crippen LogP contribution in [0.5, 0.6) is 0 Å². The van der Waals surface area contributed by atoms with Gasteiger partial charge < -0.3 is 10.4 Å². The molecule has 2 unspecified atom stereocenters. The van der Waals surface area contributed by atoms with Crippen molar-refractivity contribution in [2.24, 2.45) is 5.92 Å². The summed E-state index contributed by atoms with van der Waals surface area (Å²) in [5.41, 5.74) is 1.46. The van der Waals surface area contributed by atoms with Crippen molar-refractivity contribution >= 4 is 15.9 Å². The minimum Gasteiger partial charge on any atom is -0.396 e. The monoisotopic (exact) mass is 323 g/mol. The van der Waals surface area contributed by atoms with E-state index >= 15 is 0 Å². The first-order valence-corrected chi connectivity index (χ1v) is 8.18. The van der Waals surface area contributed by atoms with Crippen molar-refractivity contribution in [3.63, 3.8) is 0 Å². The van der Waals surface area contributed by atoms with E-state index in [1.54, 1.807) is 0 Å². The third-order valence-corrected chi connectivity index (χ3v) is 5.35. The molecule has 0 radical (unpaired) electrons. The molecule has 0 bridgehead atoms. The van der Waals surface area contributed by atoms with Gasteiger partial charge in [-0.1, -0.05) is 34.5 Å². The Kier molecular flexibility index (Phi) is 4.25. The second-order valence-electron chi connectivity index (χ2n) is 6.06. The fourth-order valence-corrected chi connectivity index (χ4v) is 3.80. The molecule has 2 nitrogen and oxygen atoms in total. The fourth-order valence-electron chi connectivity index (χ4n) is 3.54. The van der Waals surface area contributed by atoms with Gasteiger partial charge in [0.1, 0.15) is 0 Å². The van der Waals surface area contributed by atoms with Crippen molar-refractivity contribution in [3.05, 3.63) is 34.3 Å². The number of hydrogen-bond acceptors (Lipinski definition) is 2. The second-order valence-corrected chi connectivity index (χ2v) is 6.98. The minimum absolute atomic E-state index is 0.348. The molecule has 2 aliphatic carbocycles. The summed E-state index contributed by atoms with van der Waals surface area (Å²) in [6.45, 7) is 0.348. The lowest BCUT2D eigenvalue weighted by atomic mass is 9.75. The summed E-state index contributed by atoms with van der Waals surface area (Å²) < 4.78 is 1.15. The van der Waals surface area contributed by atoms with Gasteiger partial charge in [0.2, 0.25) is 0 Å². The van der Waals surface area contributed by atoms with E-state index in [0.29, 0.717) is 24.6 Å². The SMILES string of the molecule is OCC1CCCC1NC1CC(c2ccc(Br)cc2)C1. The molecule has 1 aromatic carbocycles. The molecule has 0 heterocycles. The van der Waals surface area contributed by atoms with Gasteiger partial charge in [-0.25, -0.2) is 0 Å². The van der Waals surface area contributed by atoms with Gasteiger partial charge in [-0.05, 0) is 55.2 Å². The Morgan fingerprint density at radius 3 is 2.58 bits per heavy atom. The molecule has 2 N–H and O–H groups in total. The number of nitrogens with one attached hydrogen (secondary N) is 1. The Balaban J connectivity index is 1.49. The minimum atomic E-state index is 0.348. The zero-order chi connectivity index (χ0) is 13.2. The number of hydrogen-bond donors (Lipinski definition) is 2. The lowest BCUT2D eigenvalue weighted by Gasteiger charge is -2.39. The van der Waals surface area contributed by atoms with E-state index in [2.05, 4.69) is 45.5 Å². The Morgan fingerprint density at radius 1 is 1.16 bits per heavy atom. The highest BCUT2D eigenvalue weighted by Crippen LogP contribution is 2.38. The Hall–Kier alpha value is -0.380. The van der Waals surface area contributed by atoms with Crippen molar-refractivity contribution in [2.75, 3.05) is 6.61 Å². The maximum atomic E-state index is 9.35. The first kappa shape index (κ1) is 13.6. The van der Waals surface area contributed by atoms with Gasteiger partial charge in [0, 0.05) is 23.2 Å². The molecule has 0 aromatic heterocycles. The van der Waals surface area contributed by atoms with Crippen molar-refractivity contribution in [2.45, 2.75) is 50.1 Å². The lowest BCUT2D eigenvalue weighted by Crippen LogP contribution is -2.47. The van der Waals surface area contributed by atoms with E-state index < -0.39 is 0 Å². The van der Waals surface area contributed by atoms with Gasteiger partial charge >= 0.3 is 0 Å². The van der Waals surface area contributed by atoms with E-state index in [1.807, 2.05) is 0 Å². The highest BCUT2D eigenvalue weighted by Gasteiger charge is 2.34. The molecule has 2 atom stereocenters. The second kappa shape index (κ2) is 5.94. The third kappa shape index (κ3) is 3.04. The van der Waals surface area contributed by atoms with Crippen LogP contribution in [0.2, 0.25) is 0 Å². The zero-order valence-corrected chi connectivity index (χ0v) is 12.8. The van der Waals surface area contributed by atoms with Crippen LogP contribution in [0, 0.1) is 5.92 Å². The van der Waals surface area contributed by atoms with Crippen LogP contribution >= 0.6 is 15.9 Å². The molecule has 0 saturated heterocycles. The van der Waals surface area contributed by atoms with Crippen LogP contribution in [0.1, 0.15) is 43.6 Å². The van der Waals surface area contributed by atoms with E-state index in [-0.39, 0.29) is 0 Å². The summed E-state index contributed by atoms with van der Waals surface area (Å²) in [6.07, 6.45) is 6.19. The molecule has 2 fully saturated rings. The molecular weight excluding hydrogens is 302 g/mol. The summed E-state index contributed by atoms with van der Waals surface area (Å²) >= 11 is 3.48. The van der Waals surface area contributed by atoms with Crippen molar-refractivity contribution < 1.29 is 5.11 Å². The summed E-state index contributed by atoms with van der Waals surface area (Å²) in [7, 11) is 0.